The minimum Gasteiger partial charge on any atom is -0.352 e. The molecule has 0 aromatic heterocycles. The van der Waals surface area contributed by atoms with E-state index in [1.165, 1.54) is 4.90 Å². The number of nitrogens with zero attached hydrogens (tertiary/aromatic N) is 2. The Bertz CT molecular complexity index is 1660. The van der Waals surface area contributed by atoms with Crippen LogP contribution in [0.15, 0.2) is 112 Å². The third-order valence-corrected chi connectivity index (χ3v) is 9.49. The van der Waals surface area contributed by atoms with Gasteiger partial charge in [-0.15, -0.1) is 0 Å². The van der Waals surface area contributed by atoms with Crippen molar-refractivity contribution in [3.63, 3.8) is 0 Å². The molecule has 230 valence electrons. The van der Waals surface area contributed by atoms with Gasteiger partial charge < -0.3 is 10.2 Å². The Morgan fingerprint density at radius 3 is 1.91 bits per heavy atom. The van der Waals surface area contributed by atoms with Gasteiger partial charge in [-0.2, -0.15) is 0 Å². The van der Waals surface area contributed by atoms with Crippen molar-refractivity contribution in [1.29, 1.82) is 0 Å². The van der Waals surface area contributed by atoms with E-state index in [-0.39, 0.29) is 29.8 Å². The summed E-state index contributed by atoms with van der Waals surface area (Å²) < 4.78 is 30.1. The van der Waals surface area contributed by atoms with E-state index in [0.717, 1.165) is 31.0 Å². The monoisotopic (exact) mass is 675 g/mol. The number of amides is 2. The van der Waals surface area contributed by atoms with E-state index in [4.69, 9.17) is 0 Å². The Hall–Kier alpha value is -3.95. The van der Waals surface area contributed by atoms with Gasteiger partial charge in [-0.3, -0.25) is 13.9 Å². The van der Waals surface area contributed by atoms with E-state index in [2.05, 4.69) is 21.2 Å². The number of carbonyl (C=O) groups excluding carboxylic acids is 2. The van der Waals surface area contributed by atoms with Gasteiger partial charge >= 0.3 is 0 Å². The van der Waals surface area contributed by atoms with Crippen LogP contribution >= 0.6 is 15.9 Å². The second-order valence-electron chi connectivity index (χ2n) is 11.2. The largest absolute Gasteiger partial charge is 0.352 e. The van der Waals surface area contributed by atoms with E-state index >= 15 is 0 Å². The van der Waals surface area contributed by atoms with E-state index in [9.17, 15) is 18.0 Å². The van der Waals surface area contributed by atoms with Crippen molar-refractivity contribution < 1.29 is 18.0 Å². The molecule has 7 nitrogen and oxygen atoms in total. The maximum absolute atomic E-state index is 14.4. The number of hydrogen-bond acceptors (Lipinski definition) is 4. The lowest BCUT2D eigenvalue weighted by Gasteiger charge is -2.34. The minimum atomic E-state index is -4.14. The van der Waals surface area contributed by atoms with Crippen molar-refractivity contribution in [3.8, 4) is 0 Å². The highest BCUT2D eigenvalue weighted by atomic mass is 79.9. The van der Waals surface area contributed by atoms with Crippen molar-refractivity contribution in [3.05, 3.63) is 130 Å². The molecule has 0 aliphatic carbocycles. The van der Waals surface area contributed by atoms with Crippen LogP contribution in [0.3, 0.4) is 0 Å². The highest BCUT2D eigenvalue weighted by molar-refractivity contribution is 9.10. The summed E-state index contributed by atoms with van der Waals surface area (Å²) in [6.45, 7) is 7.22. The molecule has 9 heteroatoms. The molecule has 0 saturated carbocycles. The van der Waals surface area contributed by atoms with Crippen molar-refractivity contribution >= 4 is 43.5 Å². The van der Waals surface area contributed by atoms with Crippen LogP contribution in [-0.2, 0) is 32.6 Å². The molecule has 0 unspecified atom stereocenters. The van der Waals surface area contributed by atoms with Crippen LogP contribution in [0, 0.1) is 13.8 Å². The molecular weight excluding hydrogens is 638 g/mol. The van der Waals surface area contributed by atoms with Gasteiger partial charge in [0.25, 0.3) is 10.0 Å². The first kappa shape index (κ1) is 33.0. The molecule has 0 radical (unpaired) electrons. The number of sulfonamides is 1. The Labute approximate surface area is 269 Å². The fraction of sp³-hybridized carbons (Fsp3) is 0.257. The van der Waals surface area contributed by atoms with Gasteiger partial charge in [-0.05, 0) is 75.2 Å². The fourth-order valence-corrected chi connectivity index (χ4v) is 6.48. The smallest absolute Gasteiger partial charge is 0.264 e. The van der Waals surface area contributed by atoms with Crippen LogP contribution < -0.4 is 9.62 Å². The molecule has 0 saturated heterocycles. The molecule has 0 spiro atoms. The quantitative estimate of drug-likeness (QED) is 0.188. The summed E-state index contributed by atoms with van der Waals surface area (Å²) in [5.74, 6) is -0.801. The lowest BCUT2D eigenvalue weighted by Crippen LogP contribution is -2.54. The van der Waals surface area contributed by atoms with Crippen LogP contribution in [0.1, 0.15) is 36.1 Å². The molecule has 0 aliphatic rings. The first-order chi connectivity index (χ1) is 20.9. The number of halogens is 1. The topological polar surface area (TPSA) is 86.8 Å². The van der Waals surface area contributed by atoms with Crippen LogP contribution in [-0.4, -0.2) is 43.8 Å². The Morgan fingerprint density at radius 2 is 1.34 bits per heavy atom. The summed E-state index contributed by atoms with van der Waals surface area (Å²) in [4.78, 5) is 29.8. The second-order valence-corrected chi connectivity index (χ2v) is 14.0. The van der Waals surface area contributed by atoms with Gasteiger partial charge in [0.2, 0.25) is 11.8 Å². The Balaban J connectivity index is 1.79. The Kier molecular flexibility index (Phi) is 11.0. The standard InChI is InChI=1S/C35H38BrN3O4S/c1-25(2)37-35(41)33(22-28-8-6-5-7-9-28)38(23-29-14-10-26(3)11-15-29)34(40)24-39(31-18-16-30(36)17-19-31)44(42,43)32-20-12-27(4)13-21-32/h5-21,25,33H,22-24H2,1-4H3,(H,37,41)/t33-/m0/s1. The van der Waals surface area contributed by atoms with E-state index in [1.807, 2.05) is 82.3 Å². The average Bonchev–Trinajstić information content (AvgIpc) is 2.99. The average molecular weight is 677 g/mol. The first-order valence-corrected chi connectivity index (χ1v) is 16.7. The molecule has 0 bridgehead atoms. The summed E-state index contributed by atoms with van der Waals surface area (Å²) in [5.41, 5.74) is 4.03. The zero-order chi connectivity index (χ0) is 31.9. The number of hydrogen-bond donors (Lipinski definition) is 1. The lowest BCUT2D eigenvalue weighted by atomic mass is 10.0. The Morgan fingerprint density at radius 1 is 0.773 bits per heavy atom. The molecule has 2 amide bonds. The molecule has 1 N–H and O–H groups in total. The van der Waals surface area contributed by atoms with Gasteiger partial charge in [0.05, 0.1) is 10.6 Å². The summed E-state index contributed by atoms with van der Waals surface area (Å²) >= 11 is 3.41. The third kappa shape index (κ3) is 8.57. The van der Waals surface area contributed by atoms with Crippen LogP contribution in [0.25, 0.3) is 0 Å². The first-order valence-electron chi connectivity index (χ1n) is 14.5. The zero-order valence-electron chi connectivity index (χ0n) is 25.4. The SMILES string of the molecule is Cc1ccc(CN(C(=O)CN(c2ccc(Br)cc2)S(=O)(=O)c2ccc(C)cc2)[C@@H](Cc2ccccc2)C(=O)NC(C)C)cc1. The second kappa shape index (κ2) is 14.7. The molecule has 44 heavy (non-hydrogen) atoms. The van der Waals surface area contributed by atoms with Gasteiger partial charge in [0.1, 0.15) is 12.6 Å². The van der Waals surface area contributed by atoms with Crippen molar-refractivity contribution in [1.82, 2.24) is 10.2 Å². The van der Waals surface area contributed by atoms with E-state index in [1.54, 1.807) is 48.5 Å². The van der Waals surface area contributed by atoms with Crippen LogP contribution in [0.5, 0.6) is 0 Å². The minimum absolute atomic E-state index is 0.0716. The molecular formula is C35H38BrN3O4S. The van der Waals surface area contributed by atoms with Gasteiger partial charge in [0.15, 0.2) is 0 Å². The summed E-state index contributed by atoms with van der Waals surface area (Å²) in [7, 11) is -4.14. The van der Waals surface area contributed by atoms with E-state index < -0.39 is 28.5 Å². The molecule has 0 aliphatic heterocycles. The number of anilines is 1. The third-order valence-electron chi connectivity index (χ3n) is 7.18. The number of benzene rings is 4. The molecule has 1 atom stereocenters. The maximum atomic E-state index is 14.4. The normalized spacial score (nSPS) is 12.0. The molecule has 4 aromatic rings. The van der Waals surface area contributed by atoms with Gasteiger partial charge in [-0.25, -0.2) is 8.42 Å². The van der Waals surface area contributed by atoms with Crippen molar-refractivity contribution in [2.75, 3.05) is 10.8 Å². The van der Waals surface area contributed by atoms with Crippen LogP contribution in [0.2, 0.25) is 0 Å². The van der Waals surface area contributed by atoms with Crippen molar-refractivity contribution in [2.24, 2.45) is 0 Å². The molecule has 0 fully saturated rings. The summed E-state index contributed by atoms with van der Waals surface area (Å²) in [5, 5.41) is 2.98. The molecule has 0 heterocycles. The molecule has 4 aromatic carbocycles. The van der Waals surface area contributed by atoms with Gasteiger partial charge in [-0.1, -0.05) is 93.8 Å². The predicted molar refractivity (Wildman–Crippen MR) is 179 cm³/mol. The predicted octanol–water partition coefficient (Wildman–Crippen LogP) is 6.43. The number of carbonyl (C=O) groups is 2. The number of rotatable bonds is 12. The fourth-order valence-electron chi connectivity index (χ4n) is 4.80. The molecule has 4 rings (SSSR count). The summed E-state index contributed by atoms with van der Waals surface area (Å²) in [6.07, 6.45) is 0.264. The van der Waals surface area contributed by atoms with Gasteiger partial charge in [0, 0.05) is 23.5 Å². The van der Waals surface area contributed by atoms with E-state index in [0.29, 0.717) is 5.69 Å². The highest BCUT2D eigenvalue weighted by Gasteiger charge is 2.34. The zero-order valence-corrected chi connectivity index (χ0v) is 27.8. The number of aryl methyl sites for hydroxylation is 2. The van der Waals surface area contributed by atoms with Crippen molar-refractivity contribution in [2.45, 2.75) is 57.6 Å². The maximum Gasteiger partial charge on any atom is 0.264 e. The summed E-state index contributed by atoms with van der Waals surface area (Å²) in [6, 6.07) is 29.5. The lowest BCUT2D eigenvalue weighted by molar-refractivity contribution is -0.140. The van der Waals surface area contributed by atoms with Crippen LogP contribution in [0.4, 0.5) is 5.69 Å². The highest BCUT2D eigenvalue weighted by Crippen LogP contribution is 2.27. The number of nitrogens with one attached hydrogen (secondary N) is 1.